The molecule has 3 heterocycles. The zero-order chi connectivity index (χ0) is 14.5. The summed E-state index contributed by atoms with van der Waals surface area (Å²) in [6.07, 6.45) is 5.64. The van der Waals surface area contributed by atoms with Gasteiger partial charge in [-0.1, -0.05) is 0 Å². The van der Waals surface area contributed by atoms with Crippen molar-refractivity contribution in [2.75, 3.05) is 25.6 Å². The van der Waals surface area contributed by atoms with Gasteiger partial charge in [0.25, 0.3) is 0 Å². The lowest BCUT2D eigenvalue weighted by atomic mass is 9.92. The highest BCUT2D eigenvalue weighted by atomic mass is 16.5. The summed E-state index contributed by atoms with van der Waals surface area (Å²) in [5.41, 5.74) is 1.02. The summed E-state index contributed by atoms with van der Waals surface area (Å²) in [6.45, 7) is 1.53. The molecule has 7 heteroatoms. The lowest BCUT2D eigenvalue weighted by molar-refractivity contribution is -0.0264. The van der Waals surface area contributed by atoms with Gasteiger partial charge >= 0.3 is 0 Å². The molecule has 0 amide bonds. The van der Waals surface area contributed by atoms with Crippen LogP contribution in [0.4, 0.5) is 5.95 Å². The van der Waals surface area contributed by atoms with E-state index in [4.69, 9.17) is 9.47 Å². The first-order chi connectivity index (χ1) is 10.4. The molecule has 0 saturated carbocycles. The second-order valence-corrected chi connectivity index (χ2v) is 5.01. The standard InChI is InChI=1S/C14H19N5O2/c1-20-12-5-6-15-14(18-12)16-9-10-3-2-8-21-13(10)11-4-7-17-19-11/h4-7,10,13H,2-3,8-9H2,1H3,(H,17,19)(H,15,16,18)/t10-,13+/m0/s1. The zero-order valence-electron chi connectivity index (χ0n) is 12.0. The zero-order valence-corrected chi connectivity index (χ0v) is 12.0. The quantitative estimate of drug-likeness (QED) is 0.873. The van der Waals surface area contributed by atoms with Crippen LogP contribution in [-0.4, -0.2) is 40.4 Å². The van der Waals surface area contributed by atoms with Gasteiger partial charge in [-0.15, -0.1) is 0 Å². The molecule has 2 aromatic heterocycles. The van der Waals surface area contributed by atoms with E-state index in [0.29, 0.717) is 17.7 Å². The first kappa shape index (κ1) is 13.8. The van der Waals surface area contributed by atoms with E-state index < -0.39 is 0 Å². The van der Waals surface area contributed by atoms with Crippen molar-refractivity contribution < 1.29 is 9.47 Å². The van der Waals surface area contributed by atoms with Crippen LogP contribution in [0.2, 0.25) is 0 Å². The van der Waals surface area contributed by atoms with E-state index in [0.717, 1.165) is 31.7 Å². The van der Waals surface area contributed by atoms with Crippen LogP contribution >= 0.6 is 0 Å². The molecule has 2 aromatic rings. The van der Waals surface area contributed by atoms with Crippen molar-refractivity contribution in [1.29, 1.82) is 0 Å². The van der Waals surface area contributed by atoms with Crippen molar-refractivity contribution in [2.45, 2.75) is 18.9 Å². The van der Waals surface area contributed by atoms with E-state index in [1.54, 1.807) is 25.6 Å². The molecule has 1 saturated heterocycles. The topological polar surface area (TPSA) is 85.0 Å². The predicted molar refractivity (Wildman–Crippen MR) is 77.1 cm³/mol. The lowest BCUT2D eigenvalue weighted by Gasteiger charge is -2.31. The van der Waals surface area contributed by atoms with Gasteiger partial charge < -0.3 is 14.8 Å². The molecule has 112 valence electrons. The van der Waals surface area contributed by atoms with Crippen LogP contribution in [-0.2, 0) is 4.74 Å². The first-order valence-electron chi connectivity index (χ1n) is 7.08. The Hall–Kier alpha value is -2.15. The van der Waals surface area contributed by atoms with Crippen molar-refractivity contribution in [3.05, 3.63) is 30.2 Å². The molecule has 0 aromatic carbocycles. The van der Waals surface area contributed by atoms with Crippen LogP contribution in [0.25, 0.3) is 0 Å². The maximum absolute atomic E-state index is 5.89. The molecule has 1 aliphatic heterocycles. The molecule has 1 aliphatic rings. The third kappa shape index (κ3) is 3.30. The van der Waals surface area contributed by atoms with Gasteiger partial charge in [0, 0.05) is 37.5 Å². The number of aromatic nitrogens is 4. The third-order valence-electron chi connectivity index (χ3n) is 3.64. The fraction of sp³-hybridized carbons (Fsp3) is 0.500. The van der Waals surface area contributed by atoms with E-state index in [-0.39, 0.29) is 6.10 Å². The summed E-state index contributed by atoms with van der Waals surface area (Å²) in [7, 11) is 1.59. The summed E-state index contributed by atoms with van der Waals surface area (Å²) in [5.74, 6) is 1.48. The maximum Gasteiger partial charge on any atom is 0.225 e. The molecule has 2 atom stereocenters. The van der Waals surface area contributed by atoms with Crippen molar-refractivity contribution in [2.24, 2.45) is 5.92 Å². The monoisotopic (exact) mass is 289 g/mol. The van der Waals surface area contributed by atoms with E-state index in [1.807, 2.05) is 6.07 Å². The van der Waals surface area contributed by atoms with E-state index in [9.17, 15) is 0 Å². The smallest absolute Gasteiger partial charge is 0.225 e. The van der Waals surface area contributed by atoms with Gasteiger partial charge in [-0.3, -0.25) is 5.10 Å². The van der Waals surface area contributed by atoms with Crippen molar-refractivity contribution in [3.63, 3.8) is 0 Å². The summed E-state index contributed by atoms with van der Waals surface area (Å²) < 4.78 is 11.0. The average Bonchev–Trinajstić information content (AvgIpc) is 3.08. The fourth-order valence-electron chi connectivity index (χ4n) is 2.58. The Balaban J connectivity index is 1.64. The number of hydrogen-bond acceptors (Lipinski definition) is 6. The number of rotatable bonds is 5. The van der Waals surface area contributed by atoms with Gasteiger partial charge in [0.05, 0.1) is 12.8 Å². The van der Waals surface area contributed by atoms with E-state index >= 15 is 0 Å². The minimum absolute atomic E-state index is 0.0411. The van der Waals surface area contributed by atoms with Crippen LogP contribution in [0, 0.1) is 5.92 Å². The molecular weight excluding hydrogens is 270 g/mol. The number of ether oxygens (including phenoxy) is 2. The Bertz CT molecular complexity index is 560. The van der Waals surface area contributed by atoms with Crippen LogP contribution in [0.3, 0.4) is 0 Å². The Morgan fingerprint density at radius 2 is 2.38 bits per heavy atom. The molecule has 7 nitrogen and oxygen atoms in total. The number of anilines is 1. The van der Waals surface area contributed by atoms with E-state index in [2.05, 4.69) is 25.5 Å². The number of nitrogens with zero attached hydrogens (tertiary/aromatic N) is 3. The summed E-state index contributed by atoms with van der Waals surface area (Å²) in [5, 5.41) is 10.3. The van der Waals surface area contributed by atoms with Gasteiger partial charge in [0.1, 0.15) is 6.10 Å². The van der Waals surface area contributed by atoms with Crippen molar-refractivity contribution in [1.82, 2.24) is 20.2 Å². The molecule has 0 bridgehead atoms. The Labute approximate surface area is 123 Å². The Kier molecular flexibility index (Phi) is 4.30. The highest BCUT2D eigenvalue weighted by molar-refractivity contribution is 5.27. The van der Waals surface area contributed by atoms with Gasteiger partial charge in [-0.2, -0.15) is 10.1 Å². The number of hydrogen-bond donors (Lipinski definition) is 2. The van der Waals surface area contributed by atoms with Gasteiger partial charge in [-0.25, -0.2) is 4.98 Å². The lowest BCUT2D eigenvalue weighted by Crippen LogP contribution is -2.29. The summed E-state index contributed by atoms with van der Waals surface area (Å²) in [4.78, 5) is 8.45. The van der Waals surface area contributed by atoms with Crippen LogP contribution in [0.1, 0.15) is 24.6 Å². The highest BCUT2D eigenvalue weighted by Crippen LogP contribution is 2.32. The average molecular weight is 289 g/mol. The molecule has 0 radical (unpaired) electrons. The minimum atomic E-state index is 0.0411. The molecule has 0 unspecified atom stereocenters. The van der Waals surface area contributed by atoms with Crippen molar-refractivity contribution in [3.8, 4) is 5.88 Å². The molecular formula is C14H19N5O2. The molecule has 2 N–H and O–H groups in total. The largest absolute Gasteiger partial charge is 0.481 e. The van der Waals surface area contributed by atoms with Gasteiger partial charge in [0.15, 0.2) is 0 Å². The third-order valence-corrected chi connectivity index (χ3v) is 3.64. The molecule has 0 aliphatic carbocycles. The molecule has 0 spiro atoms. The normalized spacial score (nSPS) is 22.0. The van der Waals surface area contributed by atoms with Gasteiger partial charge in [0.2, 0.25) is 11.8 Å². The maximum atomic E-state index is 5.89. The molecule has 21 heavy (non-hydrogen) atoms. The summed E-state index contributed by atoms with van der Waals surface area (Å²) in [6, 6.07) is 3.69. The Morgan fingerprint density at radius 3 is 3.19 bits per heavy atom. The minimum Gasteiger partial charge on any atom is -0.481 e. The van der Waals surface area contributed by atoms with Crippen LogP contribution < -0.4 is 10.1 Å². The van der Waals surface area contributed by atoms with Crippen LogP contribution in [0.5, 0.6) is 5.88 Å². The van der Waals surface area contributed by atoms with E-state index in [1.165, 1.54) is 0 Å². The first-order valence-corrected chi connectivity index (χ1v) is 7.08. The number of methoxy groups -OCH3 is 1. The predicted octanol–water partition coefficient (Wildman–Crippen LogP) is 1.79. The second kappa shape index (κ2) is 6.53. The second-order valence-electron chi connectivity index (χ2n) is 5.01. The number of H-pyrrole nitrogens is 1. The van der Waals surface area contributed by atoms with Gasteiger partial charge in [-0.05, 0) is 18.9 Å². The van der Waals surface area contributed by atoms with Crippen LogP contribution in [0.15, 0.2) is 24.5 Å². The van der Waals surface area contributed by atoms with Crippen molar-refractivity contribution >= 4 is 5.95 Å². The number of aromatic amines is 1. The highest BCUT2D eigenvalue weighted by Gasteiger charge is 2.28. The molecule has 1 fully saturated rings. The summed E-state index contributed by atoms with van der Waals surface area (Å²) >= 11 is 0. The molecule has 3 rings (SSSR count). The SMILES string of the molecule is COc1ccnc(NC[C@@H]2CCCO[C@H]2c2ccn[nH]2)n1. The fourth-order valence-corrected chi connectivity index (χ4v) is 2.58. The number of nitrogens with one attached hydrogen (secondary N) is 2. The Morgan fingerprint density at radius 1 is 1.43 bits per heavy atom.